The van der Waals surface area contributed by atoms with E-state index >= 15 is 0 Å². The second-order valence-corrected chi connectivity index (χ2v) is 12.1. The summed E-state index contributed by atoms with van der Waals surface area (Å²) in [6.07, 6.45) is 3.49. The zero-order valence-electron chi connectivity index (χ0n) is 17.8. The first-order valence-corrected chi connectivity index (χ1v) is 13.5. The highest BCUT2D eigenvalue weighted by Crippen LogP contribution is 2.21. The van der Waals surface area contributed by atoms with E-state index in [1.807, 2.05) is 18.2 Å². The molecule has 8 heteroatoms. The van der Waals surface area contributed by atoms with Crippen LogP contribution < -0.4 is 4.72 Å². The fraction of sp³-hybridized carbons (Fsp3) is 0.455. The molecule has 3 rings (SSSR count). The number of piperidine rings is 1. The number of sulfone groups is 1. The van der Waals surface area contributed by atoms with Crippen molar-refractivity contribution in [1.82, 2.24) is 9.62 Å². The van der Waals surface area contributed by atoms with Crippen molar-refractivity contribution < 1.29 is 16.8 Å². The minimum Gasteiger partial charge on any atom is -0.299 e. The highest BCUT2D eigenvalue weighted by molar-refractivity contribution is 7.91. The van der Waals surface area contributed by atoms with Gasteiger partial charge < -0.3 is 0 Å². The Morgan fingerprint density at radius 2 is 1.67 bits per heavy atom. The predicted octanol–water partition coefficient (Wildman–Crippen LogP) is 3.11. The third kappa shape index (κ3) is 5.91. The molecule has 30 heavy (non-hydrogen) atoms. The van der Waals surface area contributed by atoms with Crippen LogP contribution in [0, 0.1) is 12.8 Å². The molecule has 0 unspecified atom stereocenters. The van der Waals surface area contributed by atoms with Crippen LogP contribution in [0.5, 0.6) is 0 Å². The predicted molar refractivity (Wildman–Crippen MR) is 118 cm³/mol. The van der Waals surface area contributed by atoms with Crippen LogP contribution in [0.25, 0.3) is 0 Å². The molecule has 0 amide bonds. The first-order valence-electron chi connectivity index (χ1n) is 10.1. The summed E-state index contributed by atoms with van der Waals surface area (Å²) in [6.45, 7) is 7.14. The molecule has 0 bridgehead atoms. The Morgan fingerprint density at radius 1 is 1.00 bits per heavy atom. The number of rotatable bonds is 7. The van der Waals surface area contributed by atoms with Crippen molar-refractivity contribution in [2.24, 2.45) is 5.92 Å². The van der Waals surface area contributed by atoms with Gasteiger partial charge in [0.25, 0.3) is 0 Å². The standard InChI is InChI=1S/C22H30N2O4S2/c1-17-9-11-24(12-10-17)16-20-6-4-5-19(13-20)15-23-30(27,28)22-14-21(29(3,25)26)8-7-18(22)2/h4-8,13-14,17,23H,9-12,15-16H2,1-3H3. The van der Waals surface area contributed by atoms with E-state index in [9.17, 15) is 16.8 Å². The molecule has 0 spiro atoms. The highest BCUT2D eigenvalue weighted by Gasteiger charge is 2.20. The van der Waals surface area contributed by atoms with Crippen molar-refractivity contribution in [2.45, 2.75) is 49.6 Å². The van der Waals surface area contributed by atoms with Gasteiger partial charge in [0.15, 0.2) is 9.84 Å². The molecule has 1 N–H and O–H groups in total. The highest BCUT2D eigenvalue weighted by atomic mass is 32.2. The molecule has 0 aromatic heterocycles. The Hall–Kier alpha value is -1.74. The van der Waals surface area contributed by atoms with Gasteiger partial charge >= 0.3 is 0 Å². The van der Waals surface area contributed by atoms with E-state index in [0.29, 0.717) is 5.56 Å². The second kappa shape index (κ2) is 9.18. The van der Waals surface area contributed by atoms with Gasteiger partial charge in [-0.15, -0.1) is 0 Å². The smallest absolute Gasteiger partial charge is 0.241 e. The van der Waals surface area contributed by atoms with Crippen molar-refractivity contribution in [3.63, 3.8) is 0 Å². The van der Waals surface area contributed by atoms with Crippen molar-refractivity contribution in [2.75, 3.05) is 19.3 Å². The van der Waals surface area contributed by atoms with Crippen molar-refractivity contribution in [3.05, 3.63) is 59.2 Å². The molecule has 2 aromatic rings. The molecular weight excluding hydrogens is 420 g/mol. The molecule has 1 saturated heterocycles. The third-order valence-electron chi connectivity index (χ3n) is 5.62. The summed E-state index contributed by atoms with van der Waals surface area (Å²) in [7, 11) is -7.33. The molecule has 0 radical (unpaired) electrons. The van der Waals surface area contributed by atoms with Gasteiger partial charge in [0.1, 0.15) is 0 Å². The summed E-state index contributed by atoms with van der Waals surface area (Å²) >= 11 is 0. The molecule has 0 aliphatic carbocycles. The van der Waals surface area contributed by atoms with Gasteiger partial charge in [-0.2, -0.15) is 0 Å². The Balaban J connectivity index is 1.71. The minimum atomic E-state index is -3.84. The SMILES string of the molecule is Cc1ccc(S(C)(=O)=O)cc1S(=O)(=O)NCc1cccc(CN2CCC(C)CC2)c1. The fourth-order valence-corrected chi connectivity index (χ4v) is 5.68. The first-order chi connectivity index (χ1) is 14.0. The van der Waals surface area contributed by atoms with E-state index in [-0.39, 0.29) is 16.3 Å². The lowest BCUT2D eigenvalue weighted by Gasteiger charge is -2.30. The molecular formula is C22H30N2O4S2. The summed E-state index contributed by atoms with van der Waals surface area (Å²) < 4.78 is 51.9. The quantitative estimate of drug-likeness (QED) is 0.701. The maximum absolute atomic E-state index is 12.8. The van der Waals surface area contributed by atoms with Gasteiger partial charge in [-0.3, -0.25) is 4.90 Å². The molecule has 6 nitrogen and oxygen atoms in total. The monoisotopic (exact) mass is 450 g/mol. The van der Waals surface area contributed by atoms with E-state index in [2.05, 4.69) is 22.6 Å². The molecule has 1 fully saturated rings. The lowest BCUT2D eigenvalue weighted by atomic mass is 9.98. The molecule has 0 atom stereocenters. The molecule has 0 saturated carbocycles. The number of likely N-dealkylation sites (tertiary alicyclic amines) is 1. The molecule has 164 valence electrons. The first kappa shape index (κ1) is 22.9. The van der Waals surface area contributed by atoms with E-state index in [4.69, 9.17) is 0 Å². The molecule has 2 aromatic carbocycles. The largest absolute Gasteiger partial charge is 0.299 e. The minimum absolute atomic E-state index is 0.00803. The molecule has 1 aliphatic rings. The van der Waals surface area contributed by atoms with E-state index in [1.54, 1.807) is 6.92 Å². The van der Waals surface area contributed by atoms with Crippen molar-refractivity contribution in [1.29, 1.82) is 0 Å². The molecule has 1 heterocycles. The maximum Gasteiger partial charge on any atom is 0.241 e. The zero-order valence-corrected chi connectivity index (χ0v) is 19.4. The van der Waals surface area contributed by atoms with Crippen LogP contribution in [-0.2, 0) is 33.0 Å². The number of nitrogens with one attached hydrogen (secondary N) is 1. The van der Waals surface area contributed by atoms with Gasteiger partial charge in [0, 0.05) is 19.3 Å². The van der Waals surface area contributed by atoms with Gasteiger partial charge in [0.2, 0.25) is 10.0 Å². The second-order valence-electron chi connectivity index (χ2n) is 8.30. The van der Waals surface area contributed by atoms with Gasteiger partial charge in [-0.05, 0) is 67.6 Å². The normalized spacial score (nSPS) is 16.6. The Kier molecular flexibility index (Phi) is 7.02. The van der Waals surface area contributed by atoms with Crippen LogP contribution in [0.15, 0.2) is 52.3 Å². The number of benzene rings is 2. The summed E-state index contributed by atoms with van der Waals surface area (Å²) in [6, 6.07) is 12.1. The van der Waals surface area contributed by atoms with Gasteiger partial charge in [-0.1, -0.05) is 37.3 Å². The lowest BCUT2D eigenvalue weighted by molar-refractivity contribution is 0.185. The summed E-state index contributed by atoms with van der Waals surface area (Å²) in [5.41, 5.74) is 2.54. The number of sulfonamides is 1. The van der Waals surface area contributed by atoms with Crippen molar-refractivity contribution >= 4 is 19.9 Å². The van der Waals surface area contributed by atoms with Crippen molar-refractivity contribution in [3.8, 4) is 0 Å². The van der Waals surface area contributed by atoms with Crippen LogP contribution >= 0.6 is 0 Å². The molecule has 1 aliphatic heterocycles. The van der Waals surface area contributed by atoms with Gasteiger partial charge in [-0.25, -0.2) is 21.6 Å². The Bertz CT molecular complexity index is 1100. The Morgan fingerprint density at radius 3 is 2.33 bits per heavy atom. The van der Waals surface area contributed by atoms with Crippen LogP contribution in [0.2, 0.25) is 0 Å². The van der Waals surface area contributed by atoms with E-state index < -0.39 is 19.9 Å². The summed E-state index contributed by atoms with van der Waals surface area (Å²) in [4.78, 5) is 2.42. The zero-order chi connectivity index (χ0) is 21.9. The average Bonchev–Trinajstić information content (AvgIpc) is 2.68. The fourth-order valence-electron chi connectivity index (χ4n) is 3.67. The average molecular weight is 451 g/mol. The van der Waals surface area contributed by atoms with E-state index in [1.165, 1.54) is 31.0 Å². The van der Waals surface area contributed by atoms with E-state index in [0.717, 1.165) is 42.9 Å². The number of aryl methyl sites for hydroxylation is 1. The number of hydrogen-bond donors (Lipinski definition) is 1. The topological polar surface area (TPSA) is 83.5 Å². The number of hydrogen-bond acceptors (Lipinski definition) is 5. The number of nitrogens with zero attached hydrogens (tertiary/aromatic N) is 1. The summed E-state index contributed by atoms with van der Waals surface area (Å²) in [5.74, 6) is 0.784. The van der Waals surface area contributed by atoms with Crippen LogP contribution in [0.3, 0.4) is 0 Å². The van der Waals surface area contributed by atoms with Gasteiger partial charge in [0.05, 0.1) is 9.79 Å². The van der Waals surface area contributed by atoms with Crippen LogP contribution in [-0.4, -0.2) is 41.1 Å². The third-order valence-corrected chi connectivity index (χ3v) is 8.27. The Labute approximate surface area is 180 Å². The summed E-state index contributed by atoms with van der Waals surface area (Å²) in [5, 5.41) is 0. The van der Waals surface area contributed by atoms with Crippen LogP contribution in [0.1, 0.15) is 36.5 Å². The van der Waals surface area contributed by atoms with Crippen LogP contribution in [0.4, 0.5) is 0 Å². The maximum atomic E-state index is 12.8. The lowest BCUT2D eigenvalue weighted by Crippen LogP contribution is -2.32.